The molecule has 3 amide bonds. The van der Waals surface area contributed by atoms with Crippen LogP contribution >= 0.6 is 11.3 Å². The van der Waals surface area contributed by atoms with Crippen molar-refractivity contribution in [2.75, 3.05) is 6.54 Å². The Balaban J connectivity index is 1.54. The number of nitrogens with one attached hydrogen (secondary N) is 2. The number of thiazole rings is 1. The lowest BCUT2D eigenvalue weighted by molar-refractivity contribution is -0.139. The molecule has 1 aliphatic rings. The van der Waals surface area contributed by atoms with E-state index in [4.69, 9.17) is 4.74 Å². The van der Waals surface area contributed by atoms with Crippen molar-refractivity contribution in [1.29, 1.82) is 0 Å². The first-order chi connectivity index (χ1) is 15.5. The van der Waals surface area contributed by atoms with Crippen LogP contribution in [-0.2, 0) is 20.9 Å². The number of ether oxygens (including phenoxy) is 1. The molecule has 2 aromatic rings. The highest BCUT2D eigenvalue weighted by Gasteiger charge is 2.36. The van der Waals surface area contributed by atoms with Crippen LogP contribution in [0.4, 0.5) is 4.79 Å². The van der Waals surface area contributed by atoms with E-state index in [9.17, 15) is 14.4 Å². The normalized spacial score (nSPS) is 16.9. The van der Waals surface area contributed by atoms with Crippen LogP contribution in [0.1, 0.15) is 51.8 Å². The van der Waals surface area contributed by atoms with Crippen molar-refractivity contribution < 1.29 is 19.1 Å². The van der Waals surface area contributed by atoms with Gasteiger partial charge in [0.2, 0.25) is 11.8 Å². The van der Waals surface area contributed by atoms with E-state index < -0.39 is 23.8 Å². The molecule has 0 radical (unpaired) electrons. The molecule has 2 heterocycles. The van der Waals surface area contributed by atoms with Crippen LogP contribution in [0.3, 0.4) is 0 Å². The minimum atomic E-state index is -0.781. The van der Waals surface area contributed by atoms with Crippen molar-refractivity contribution in [3.8, 4) is 10.4 Å². The fourth-order valence-electron chi connectivity index (χ4n) is 3.76. The van der Waals surface area contributed by atoms with Crippen molar-refractivity contribution in [1.82, 2.24) is 20.5 Å². The van der Waals surface area contributed by atoms with Crippen LogP contribution in [0.5, 0.6) is 0 Å². The Morgan fingerprint density at radius 2 is 1.94 bits per heavy atom. The first kappa shape index (κ1) is 24.7. The number of alkyl carbamates (subject to hydrolysis) is 1. The summed E-state index contributed by atoms with van der Waals surface area (Å²) in [6, 6.07) is 6.70. The van der Waals surface area contributed by atoms with E-state index >= 15 is 0 Å². The van der Waals surface area contributed by atoms with Gasteiger partial charge in [-0.2, -0.15) is 0 Å². The number of carbonyl (C=O) groups is 3. The number of hydrogen-bond donors (Lipinski definition) is 2. The zero-order chi connectivity index (χ0) is 24.2. The second kappa shape index (κ2) is 10.3. The summed E-state index contributed by atoms with van der Waals surface area (Å²) in [5, 5.41) is 5.51. The SMILES string of the molecule is Cc1ncsc1-c1ccc(CNC(=O)[C@@H]2CCCN2C(=O)[C@H](C)NC(=O)OC(C)(C)C)cc1. The Kier molecular flexibility index (Phi) is 7.73. The number of hydrogen-bond acceptors (Lipinski definition) is 6. The number of rotatable bonds is 6. The van der Waals surface area contributed by atoms with Crippen molar-refractivity contribution >= 4 is 29.2 Å². The first-order valence-electron chi connectivity index (χ1n) is 11.1. The lowest BCUT2D eigenvalue weighted by Gasteiger charge is -2.28. The van der Waals surface area contributed by atoms with Gasteiger partial charge in [0.05, 0.1) is 16.1 Å². The topological polar surface area (TPSA) is 101 Å². The molecular weight excluding hydrogens is 440 g/mol. The number of aromatic nitrogens is 1. The highest BCUT2D eigenvalue weighted by atomic mass is 32.1. The first-order valence-corrected chi connectivity index (χ1v) is 12.0. The maximum atomic E-state index is 12.9. The molecule has 9 heteroatoms. The second-order valence-corrected chi connectivity index (χ2v) is 10.1. The van der Waals surface area contributed by atoms with Crippen molar-refractivity contribution in [2.24, 2.45) is 0 Å². The van der Waals surface area contributed by atoms with E-state index in [0.717, 1.165) is 28.1 Å². The summed E-state index contributed by atoms with van der Waals surface area (Å²) in [6.45, 7) is 9.73. The minimum absolute atomic E-state index is 0.187. The minimum Gasteiger partial charge on any atom is -0.444 e. The van der Waals surface area contributed by atoms with Gasteiger partial charge >= 0.3 is 6.09 Å². The van der Waals surface area contributed by atoms with Gasteiger partial charge in [-0.15, -0.1) is 11.3 Å². The average Bonchev–Trinajstić information content (AvgIpc) is 3.39. The number of benzene rings is 1. The number of likely N-dealkylation sites (tertiary alicyclic amines) is 1. The third kappa shape index (κ3) is 6.54. The summed E-state index contributed by atoms with van der Waals surface area (Å²) < 4.78 is 5.22. The molecule has 2 atom stereocenters. The van der Waals surface area contributed by atoms with Gasteiger partial charge < -0.3 is 20.3 Å². The number of carbonyl (C=O) groups excluding carboxylic acids is 3. The van der Waals surface area contributed by atoms with Gasteiger partial charge in [0.25, 0.3) is 0 Å². The Bertz CT molecular complexity index is 997. The van der Waals surface area contributed by atoms with Gasteiger partial charge in [0.1, 0.15) is 17.7 Å². The predicted octanol–water partition coefficient (Wildman–Crippen LogP) is 3.64. The van der Waals surface area contributed by atoms with Crippen LogP contribution in [0.25, 0.3) is 10.4 Å². The largest absolute Gasteiger partial charge is 0.444 e. The van der Waals surface area contributed by atoms with Crippen LogP contribution in [0.15, 0.2) is 29.8 Å². The molecule has 1 fully saturated rings. The Morgan fingerprint density at radius 1 is 1.24 bits per heavy atom. The molecule has 1 aromatic carbocycles. The van der Waals surface area contributed by atoms with Crippen molar-refractivity contribution in [3.05, 3.63) is 41.0 Å². The third-order valence-corrected chi connectivity index (χ3v) is 6.35. The monoisotopic (exact) mass is 472 g/mol. The van der Waals surface area contributed by atoms with E-state index in [-0.39, 0.29) is 11.8 Å². The quantitative estimate of drug-likeness (QED) is 0.669. The number of aryl methyl sites for hydroxylation is 1. The summed E-state index contributed by atoms with van der Waals surface area (Å²) in [4.78, 5) is 44.7. The summed E-state index contributed by atoms with van der Waals surface area (Å²) in [5.74, 6) is -0.476. The fraction of sp³-hybridized carbons (Fsp3) is 0.500. The summed E-state index contributed by atoms with van der Waals surface area (Å²) in [6.07, 6.45) is 0.687. The van der Waals surface area contributed by atoms with Crippen LogP contribution < -0.4 is 10.6 Å². The molecule has 8 nitrogen and oxygen atoms in total. The highest BCUT2D eigenvalue weighted by Crippen LogP contribution is 2.27. The van der Waals surface area contributed by atoms with Gasteiger partial charge in [-0.3, -0.25) is 9.59 Å². The fourth-order valence-corrected chi connectivity index (χ4v) is 4.57. The molecule has 0 spiro atoms. The molecule has 2 N–H and O–H groups in total. The van der Waals surface area contributed by atoms with Crippen molar-refractivity contribution in [3.63, 3.8) is 0 Å². The molecule has 178 valence electrons. The Morgan fingerprint density at radius 3 is 2.55 bits per heavy atom. The van der Waals surface area contributed by atoms with Gasteiger partial charge in [0.15, 0.2) is 0 Å². The zero-order valence-corrected chi connectivity index (χ0v) is 20.6. The summed E-state index contributed by atoms with van der Waals surface area (Å²) >= 11 is 1.60. The maximum Gasteiger partial charge on any atom is 0.408 e. The molecule has 1 aliphatic heterocycles. The molecule has 33 heavy (non-hydrogen) atoms. The molecule has 0 saturated carbocycles. The smallest absolute Gasteiger partial charge is 0.408 e. The predicted molar refractivity (Wildman–Crippen MR) is 128 cm³/mol. The van der Waals surface area contributed by atoms with E-state index in [1.54, 1.807) is 43.9 Å². The van der Waals surface area contributed by atoms with Gasteiger partial charge in [-0.25, -0.2) is 9.78 Å². The lowest BCUT2D eigenvalue weighted by atomic mass is 10.1. The number of nitrogens with zero attached hydrogens (tertiary/aromatic N) is 2. The molecule has 0 aliphatic carbocycles. The molecule has 0 unspecified atom stereocenters. The van der Waals surface area contributed by atoms with E-state index in [0.29, 0.717) is 19.5 Å². The standard InChI is InChI=1S/C24H32N4O4S/c1-15-20(33-14-26-15)18-10-8-17(9-11-18)13-25-21(29)19-7-6-12-28(19)22(30)16(2)27-23(31)32-24(3,4)5/h8-11,14,16,19H,6-7,12-13H2,1-5H3,(H,25,29)(H,27,31)/t16-,19-/m0/s1. The van der Waals surface area contributed by atoms with Crippen LogP contribution in [-0.4, -0.2) is 52.0 Å². The third-order valence-electron chi connectivity index (χ3n) is 5.37. The van der Waals surface area contributed by atoms with Gasteiger partial charge in [-0.05, 0) is 58.6 Å². The summed E-state index contributed by atoms with van der Waals surface area (Å²) in [5.41, 5.74) is 4.26. The average molecular weight is 473 g/mol. The van der Waals surface area contributed by atoms with E-state index in [1.165, 1.54) is 0 Å². The molecular formula is C24H32N4O4S. The van der Waals surface area contributed by atoms with E-state index in [1.807, 2.05) is 36.7 Å². The highest BCUT2D eigenvalue weighted by molar-refractivity contribution is 7.13. The molecule has 1 aromatic heterocycles. The summed E-state index contributed by atoms with van der Waals surface area (Å²) in [7, 11) is 0. The Labute approximate surface area is 198 Å². The van der Waals surface area contributed by atoms with Crippen LogP contribution in [0.2, 0.25) is 0 Å². The van der Waals surface area contributed by atoms with Gasteiger partial charge in [-0.1, -0.05) is 24.3 Å². The van der Waals surface area contributed by atoms with Gasteiger partial charge in [0, 0.05) is 13.1 Å². The van der Waals surface area contributed by atoms with E-state index in [2.05, 4.69) is 15.6 Å². The lowest BCUT2D eigenvalue weighted by Crippen LogP contribution is -2.52. The Hall–Kier alpha value is -2.94. The molecule has 1 saturated heterocycles. The second-order valence-electron chi connectivity index (χ2n) is 9.24. The molecule has 3 rings (SSSR count). The zero-order valence-electron chi connectivity index (χ0n) is 19.8. The van der Waals surface area contributed by atoms with Crippen molar-refractivity contribution in [2.45, 2.75) is 71.7 Å². The number of amides is 3. The maximum absolute atomic E-state index is 12.9. The van der Waals surface area contributed by atoms with Crippen LogP contribution in [0, 0.1) is 6.92 Å². The molecule has 0 bridgehead atoms.